The van der Waals surface area contributed by atoms with Crippen LogP contribution in [-0.4, -0.2) is 17.8 Å². The maximum atomic E-state index is 13.1. The average Bonchev–Trinajstić information content (AvgIpc) is 2.87. The Kier molecular flexibility index (Phi) is 6.82. The molecule has 4 aromatic carbocycles. The van der Waals surface area contributed by atoms with Crippen LogP contribution in [0.15, 0.2) is 88.9 Å². The van der Waals surface area contributed by atoms with Gasteiger partial charge in [0.1, 0.15) is 12.2 Å². The molecule has 0 atom stereocenters. The molecule has 0 unspecified atom stereocenters. The molecule has 4 amide bonds. The van der Waals surface area contributed by atoms with Crippen molar-refractivity contribution in [3.63, 3.8) is 0 Å². The zero-order chi connectivity index (χ0) is 26.1. The van der Waals surface area contributed by atoms with Crippen LogP contribution in [0.5, 0.6) is 5.75 Å². The molecule has 4 aromatic rings. The van der Waals surface area contributed by atoms with Gasteiger partial charge in [0.25, 0.3) is 11.8 Å². The molecular weight excluding hydrogens is 556 g/mol. The SMILES string of the molecule is Cc1ccc(N2C(=O)NC(=O)/C(=C\c3cc(Cl)c(OCc4ccc5ccccc5c4)c(Br)c3)C2=O)cc1. The van der Waals surface area contributed by atoms with Gasteiger partial charge < -0.3 is 4.74 Å². The largest absolute Gasteiger partial charge is 0.486 e. The number of hydrogen-bond acceptors (Lipinski definition) is 4. The van der Waals surface area contributed by atoms with E-state index in [9.17, 15) is 14.4 Å². The number of amides is 4. The Labute approximate surface area is 226 Å². The van der Waals surface area contributed by atoms with Crippen LogP contribution >= 0.6 is 27.5 Å². The highest BCUT2D eigenvalue weighted by Crippen LogP contribution is 2.36. The quantitative estimate of drug-likeness (QED) is 0.210. The number of rotatable bonds is 5. The number of aryl methyl sites for hydroxylation is 1. The molecule has 1 heterocycles. The highest BCUT2D eigenvalue weighted by molar-refractivity contribution is 9.10. The van der Waals surface area contributed by atoms with Crippen LogP contribution < -0.4 is 15.0 Å². The van der Waals surface area contributed by atoms with Crippen molar-refractivity contribution in [2.75, 3.05) is 4.90 Å². The molecule has 0 radical (unpaired) electrons. The molecule has 0 bridgehead atoms. The summed E-state index contributed by atoms with van der Waals surface area (Å²) in [5.41, 5.74) is 2.63. The van der Waals surface area contributed by atoms with Gasteiger partial charge in [0.15, 0.2) is 5.75 Å². The minimum atomic E-state index is -0.798. The van der Waals surface area contributed by atoms with Crippen molar-refractivity contribution in [3.05, 3.63) is 111 Å². The molecule has 1 fully saturated rings. The summed E-state index contributed by atoms with van der Waals surface area (Å²) in [7, 11) is 0. The standard InChI is InChI=1S/C29H20BrClN2O4/c1-17-6-10-22(11-7-17)33-28(35)23(27(34)32-29(33)36)13-19-14-24(30)26(25(31)15-19)37-16-18-8-9-20-4-2-3-5-21(20)12-18/h2-15H,16H2,1H3,(H,32,34,36)/b23-13+. The summed E-state index contributed by atoms with van der Waals surface area (Å²) in [6, 6.07) is 23.5. The molecule has 1 aliphatic heterocycles. The van der Waals surface area contributed by atoms with Crippen molar-refractivity contribution in [3.8, 4) is 5.75 Å². The summed E-state index contributed by atoms with van der Waals surface area (Å²) in [5.74, 6) is -1.06. The lowest BCUT2D eigenvalue weighted by atomic mass is 10.1. The lowest BCUT2D eigenvalue weighted by Crippen LogP contribution is -2.54. The molecule has 0 aromatic heterocycles. The van der Waals surface area contributed by atoms with Crippen LogP contribution in [-0.2, 0) is 16.2 Å². The number of nitrogens with one attached hydrogen (secondary N) is 1. The summed E-state index contributed by atoms with van der Waals surface area (Å²) in [6.45, 7) is 2.20. The monoisotopic (exact) mass is 574 g/mol. The Hall–Kier alpha value is -3.94. The molecule has 37 heavy (non-hydrogen) atoms. The van der Waals surface area contributed by atoms with Crippen molar-refractivity contribution in [2.24, 2.45) is 0 Å². The number of ether oxygens (including phenoxy) is 1. The Morgan fingerprint density at radius 3 is 2.41 bits per heavy atom. The van der Waals surface area contributed by atoms with E-state index in [0.717, 1.165) is 26.8 Å². The molecule has 1 N–H and O–H groups in total. The van der Waals surface area contributed by atoms with Gasteiger partial charge in [0.05, 0.1) is 15.2 Å². The van der Waals surface area contributed by atoms with Crippen molar-refractivity contribution in [2.45, 2.75) is 13.5 Å². The zero-order valence-electron chi connectivity index (χ0n) is 19.6. The van der Waals surface area contributed by atoms with E-state index in [0.29, 0.717) is 33.1 Å². The maximum Gasteiger partial charge on any atom is 0.335 e. The molecule has 6 nitrogen and oxygen atoms in total. The van der Waals surface area contributed by atoms with Gasteiger partial charge in [-0.05, 0) is 81.2 Å². The number of carbonyl (C=O) groups excluding carboxylic acids is 3. The number of halogens is 2. The summed E-state index contributed by atoms with van der Waals surface area (Å²) >= 11 is 10.00. The van der Waals surface area contributed by atoms with Gasteiger partial charge in [-0.1, -0.05) is 65.7 Å². The molecule has 0 saturated carbocycles. The predicted molar refractivity (Wildman–Crippen MR) is 148 cm³/mol. The Bertz CT molecular complexity index is 1570. The third-order valence-corrected chi connectivity index (χ3v) is 6.79. The minimum absolute atomic E-state index is 0.187. The Balaban J connectivity index is 1.39. The van der Waals surface area contributed by atoms with E-state index in [2.05, 4.69) is 27.3 Å². The molecule has 5 rings (SSSR count). The molecule has 8 heteroatoms. The Morgan fingerprint density at radius 2 is 1.68 bits per heavy atom. The fourth-order valence-electron chi connectivity index (χ4n) is 4.04. The van der Waals surface area contributed by atoms with Crippen molar-refractivity contribution in [1.29, 1.82) is 0 Å². The maximum absolute atomic E-state index is 13.1. The first kappa shape index (κ1) is 24.7. The smallest absolute Gasteiger partial charge is 0.335 e. The molecule has 1 aliphatic rings. The number of anilines is 1. The van der Waals surface area contributed by atoms with Crippen molar-refractivity contribution >= 4 is 67.9 Å². The third-order valence-electron chi connectivity index (χ3n) is 5.92. The second-order valence-corrected chi connectivity index (χ2v) is 9.84. The van der Waals surface area contributed by atoms with Crippen molar-refractivity contribution in [1.82, 2.24) is 5.32 Å². The van der Waals surface area contributed by atoms with Gasteiger partial charge in [-0.15, -0.1) is 0 Å². The molecule has 0 aliphatic carbocycles. The van der Waals surface area contributed by atoms with Crippen LogP contribution in [0.3, 0.4) is 0 Å². The van der Waals surface area contributed by atoms with Crippen LogP contribution in [0.4, 0.5) is 10.5 Å². The van der Waals surface area contributed by atoms with Gasteiger partial charge in [-0.2, -0.15) is 0 Å². The highest BCUT2D eigenvalue weighted by atomic mass is 79.9. The van der Waals surface area contributed by atoms with E-state index in [-0.39, 0.29) is 5.57 Å². The zero-order valence-corrected chi connectivity index (χ0v) is 22.0. The second kappa shape index (κ2) is 10.2. The van der Waals surface area contributed by atoms with Crippen LogP contribution in [0.2, 0.25) is 5.02 Å². The number of imide groups is 2. The predicted octanol–water partition coefficient (Wildman–Crippen LogP) is 6.81. The van der Waals surface area contributed by atoms with E-state index in [1.54, 1.807) is 36.4 Å². The molecule has 1 saturated heterocycles. The molecular formula is C29H20BrClN2O4. The van der Waals surface area contributed by atoms with Crippen molar-refractivity contribution < 1.29 is 19.1 Å². The fourth-order valence-corrected chi connectivity index (χ4v) is 5.03. The summed E-state index contributed by atoms with van der Waals surface area (Å²) in [6.07, 6.45) is 1.40. The van der Waals surface area contributed by atoms with Gasteiger partial charge in [-0.25, -0.2) is 9.69 Å². The van der Waals surface area contributed by atoms with Crippen LogP contribution in [0.1, 0.15) is 16.7 Å². The molecule has 0 spiro atoms. The van der Waals surface area contributed by atoms with E-state index in [1.807, 2.05) is 43.3 Å². The Morgan fingerprint density at radius 1 is 0.946 bits per heavy atom. The number of fused-ring (bicyclic) bond motifs is 1. The second-order valence-electron chi connectivity index (χ2n) is 8.58. The first-order chi connectivity index (χ1) is 17.8. The van der Waals surface area contributed by atoms with E-state index in [1.165, 1.54) is 6.08 Å². The highest BCUT2D eigenvalue weighted by Gasteiger charge is 2.36. The number of barbiturate groups is 1. The number of benzene rings is 4. The van der Waals surface area contributed by atoms with Gasteiger partial charge in [0, 0.05) is 0 Å². The number of urea groups is 1. The normalized spacial score (nSPS) is 14.8. The number of carbonyl (C=O) groups is 3. The topological polar surface area (TPSA) is 75.7 Å². The lowest BCUT2D eigenvalue weighted by Gasteiger charge is -2.26. The third kappa shape index (κ3) is 5.14. The van der Waals surface area contributed by atoms with Crippen LogP contribution in [0, 0.1) is 6.92 Å². The van der Waals surface area contributed by atoms with Crippen LogP contribution in [0.25, 0.3) is 16.8 Å². The van der Waals surface area contributed by atoms with E-state index < -0.39 is 17.8 Å². The fraction of sp³-hybridized carbons (Fsp3) is 0.0690. The van der Waals surface area contributed by atoms with Gasteiger partial charge in [0.2, 0.25) is 0 Å². The lowest BCUT2D eigenvalue weighted by molar-refractivity contribution is -0.122. The minimum Gasteiger partial charge on any atom is -0.486 e. The molecule has 184 valence electrons. The summed E-state index contributed by atoms with van der Waals surface area (Å²) < 4.78 is 6.55. The van der Waals surface area contributed by atoms with Gasteiger partial charge in [-0.3, -0.25) is 14.9 Å². The number of nitrogens with zero attached hydrogens (tertiary/aromatic N) is 1. The summed E-state index contributed by atoms with van der Waals surface area (Å²) in [4.78, 5) is 39.0. The van der Waals surface area contributed by atoms with Gasteiger partial charge >= 0.3 is 6.03 Å². The average molecular weight is 576 g/mol. The first-order valence-electron chi connectivity index (χ1n) is 11.4. The van der Waals surface area contributed by atoms with E-state index >= 15 is 0 Å². The van der Waals surface area contributed by atoms with E-state index in [4.69, 9.17) is 16.3 Å². The summed E-state index contributed by atoms with van der Waals surface area (Å²) in [5, 5.41) is 4.79. The number of hydrogen-bond donors (Lipinski definition) is 1. The first-order valence-corrected chi connectivity index (χ1v) is 12.5.